The van der Waals surface area contributed by atoms with Gasteiger partial charge in [0.15, 0.2) is 0 Å². The van der Waals surface area contributed by atoms with Crippen molar-refractivity contribution in [2.75, 3.05) is 6.61 Å². The number of rotatable bonds is 3. The van der Waals surface area contributed by atoms with Crippen molar-refractivity contribution >= 4 is 0 Å². The molecule has 0 aromatic rings. The molecule has 0 amide bonds. The Labute approximate surface area is 76.5 Å². The lowest BCUT2D eigenvalue weighted by molar-refractivity contribution is 0.0359. The standard InChI is InChI=1S/C11H22O/c1-2-10-12-11-8-6-4-3-5-7-9-11/h11H,2-10H2,1H3. The Morgan fingerprint density at radius 2 is 1.58 bits per heavy atom. The van der Waals surface area contributed by atoms with E-state index in [0.717, 1.165) is 13.0 Å². The second-order valence-electron chi connectivity index (χ2n) is 3.84. The minimum atomic E-state index is 0.588. The van der Waals surface area contributed by atoms with Crippen LogP contribution < -0.4 is 0 Å². The summed E-state index contributed by atoms with van der Waals surface area (Å²) in [6.07, 6.45) is 11.4. The first-order valence-electron chi connectivity index (χ1n) is 5.55. The molecule has 0 bridgehead atoms. The van der Waals surface area contributed by atoms with E-state index in [1.807, 2.05) is 0 Å². The van der Waals surface area contributed by atoms with Gasteiger partial charge in [-0.1, -0.05) is 39.0 Å². The summed E-state index contributed by atoms with van der Waals surface area (Å²) < 4.78 is 5.77. The lowest BCUT2D eigenvalue weighted by Gasteiger charge is -2.19. The summed E-state index contributed by atoms with van der Waals surface area (Å²) in [7, 11) is 0. The highest BCUT2D eigenvalue weighted by molar-refractivity contribution is 4.62. The molecule has 1 aliphatic rings. The maximum atomic E-state index is 5.77. The highest BCUT2D eigenvalue weighted by Crippen LogP contribution is 2.19. The predicted molar refractivity (Wildman–Crippen MR) is 52.4 cm³/mol. The lowest BCUT2D eigenvalue weighted by Crippen LogP contribution is -2.14. The van der Waals surface area contributed by atoms with Gasteiger partial charge in [0.05, 0.1) is 6.10 Å². The quantitative estimate of drug-likeness (QED) is 0.629. The largest absolute Gasteiger partial charge is 0.378 e. The van der Waals surface area contributed by atoms with Crippen molar-refractivity contribution in [2.24, 2.45) is 0 Å². The van der Waals surface area contributed by atoms with Gasteiger partial charge in [-0.2, -0.15) is 0 Å². The lowest BCUT2D eigenvalue weighted by atomic mass is 9.99. The van der Waals surface area contributed by atoms with Crippen molar-refractivity contribution in [2.45, 2.75) is 64.4 Å². The Morgan fingerprint density at radius 1 is 1.00 bits per heavy atom. The van der Waals surface area contributed by atoms with E-state index in [0.29, 0.717) is 6.10 Å². The van der Waals surface area contributed by atoms with Gasteiger partial charge in [-0.3, -0.25) is 0 Å². The first kappa shape index (κ1) is 10.0. The van der Waals surface area contributed by atoms with Gasteiger partial charge in [-0.25, -0.2) is 0 Å². The van der Waals surface area contributed by atoms with Crippen LogP contribution in [0.25, 0.3) is 0 Å². The zero-order chi connectivity index (χ0) is 8.65. The van der Waals surface area contributed by atoms with Gasteiger partial charge >= 0.3 is 0 Å². The summed E-state index contributed by atoms with van der Waals surface area (Å²) >= 11 is 0. The van der Waals surface area contributed by atoms with E-state index in [4.69, 9.17) is 4.74 Å². The van der Waals surface area contributed by atoms with Crippen LogP contribution in [0.5, 0.6) is 0 Å². The Balaban J connectivity index is 2.11. The molecule has 0 spiro atoms. The zero-order valence-electron chi connectivity index (χ0n) is 8.35. The molecule has 1 rings (SSSR count). The average molecular weight is 170 g/mol. The third-order valence-corrected chi connectivity index (χ3v) is 2.61. The Morgan fingerprint density at radius 3 is 2.17 bits per heavy atom. The Kier molecular flexibility index (Phi) is 5.42. The highest BCUT2D eigenvalue weighted by atomic mass is 16.5. The molecular weight excluding hydrogens is 148 g/mol. The molecule has 0 radical (unpaired) electrons. The van der Waals surface area contributed by atoms with Gasteiger partial charge in [0.2, 0.25) is 0 Å². The second-order valence-corrected chi connectivity index (χ2v) is 3.84. The number of hydrogen-bond acceptors (Lipinski definition) is 1. The van der Waals surface area contributed by atoms with Gasteiger partial charge in [0, 0.05) is 6.61 Å². The average Bonchev–Trinajstić information content (AvgIpc) is 2.02. The molecule has 0 saturated heterocycles. The fourth-order valence-corrected chi connectivity index (χ4v) is 1.87. The predicted octanol–water partition coefficient (Wildman–Crippen LogP) is 3.53. The molecule has 1 aliphatic carbocycles. The van der Waals surface area contributed by atoms with Crippen LogP contribution in [0.15, 0.2) is 0 Å². The van der Waals surface area contributed by atoms with Crippen molar-refractivity contribution in [1.29, 1.82) is 0 Å². The van der Waals surface area contributed by atoms with Crippen LogP contribution in [0.3, 0.4) is 0 Å². The molecule has 1 heteroatoms. The minimum Gasteiger partial charge on any atom is -0.378 e. The van der Waals surface area contributed by atoms with Gasteiger partial charge in [0.1, 0.15) is 0 Å². The van der Waals surface area contributed by atoms with E-state index >= 15 is 0 Å². The van der Waals surface area contributed by atoms with E-state index in [-0.39, 0.29) is 0 Å². The van der Waals surface area contributed by atoms with Crippen LogP contribution in [-0.2, 0) is 4.74 Å². The Hall–Kier alpha value is -0.0400. The molecule has 0 heterocycles. The molecule has 72 valence electrons. The third-order valence-electron chi connectivity index (χ3n) is 2.61. The number of hydrogen-bond donors (Lipinski definition) is 0. The molecule has 0 N–H and O–H groups in total. The number of ether oxygens (including phenoxy) is 1. The van der Waals surface area contributed by atoms with Crippen molar-refractivity contribution in [3.05, 3.63) is 0 Å². The molecule has 1 nitrogen and oxygen atoms in total. The molecule has 12 heavy (non-hydrogen) atoms. The molecule has 0 aromatic carbocycles. The van der Waals surface area contributed by atoms with Crippen molar-refractivity contribution in [1.82, 2.24) is 0 Å². The molecule has 1 fully saturated rings. The maximum Gasteiger partial charge on any atom is 0.0575 e. The second kappa shape index (κ2) is 6.47. The van der Waals surface area contributed by atoms with Crippen LogP contribution in [0, 0.1) is 0 Å². The fraction of sp³-hybridized carbons (Fsp3) is 1.00. The van der Waals surface area contributed by atoms with Crippen LogP contribution in [0.4, 0.5) is 0 Å². The molecule has 1 saturated carbocycles. The van der Waals surface area contributed by atoms with Crippen molar-refractivity contribution < 1.29 is 4.74 Å². The normalized spacial score (nSPS) is 21.8. The van der Waals surface area contributed by atoms with Gasteiger partial charge in [-0.05, 0) is 19.3 Å². The highest BCUT2D eigenvalue weighted by Gasteiger charge is 2.10. The monoisotopic (exact) mass is 170 g/mol. The summed E-state index contributed by atoms with van der Waals surface area (Å²) in [6.45, 7) is 3.15. The van der Waals surface area contributed by atoms with E-state index < -0.39 is 0 Å². The smallest absolute Gasteiger partial charge is 0.0575 e. The summed E-state index contributed by atoms with van der Waals surface area (Å²) in [5.41, 5.74) is 0. The molecule has 0 unspecified atom stereocenters. The van der Waals surface area contributed by atoms with Crippen LogP contribution in [0.1, 0.15) is 58.3 Å². The molecular formula is C11H22O. The first-order chi connectivity index (χ1) is 5.93. The Bertz CT molecular complexity index is 90.4. The van der Waals surface area contributed by atoms with Crippen LogP contribution in [-0.4, -0.2) is 12.7 Å². The van der Waals surface area contributed by atoms with Gasteiger partial charge in [0.25, 0.3) is 0 Å². The van der Waals surface area contributed by atoms with Crippen molar-refractivity contribution in [3.63, 3.8) is 0 Å². The van der Waals surface area contributed by atoms with Gasteiger partial charge in [-0.15, -0.1) is 0 Å². The fourth-order valence-electron chi connectivity index (χ4n) is 1.87. The molecule has 0 aromatic heterocycles. The minimum absolute atomic E-state index is 0.588. The summed E-state index contributed by atoms with van der Waals surface area (Å²) in [6, 6.07) is 0. The molecule has 0 atom stereocenters. The van der Waals surface area contributed by atoms with Gasteiger partial charge < -0.3 is 4.74 Å². The summed E-state index contributed by atoms with van der Waals surface area (Å²) in [4.78, 5) is 0. The van der Waals surface area contributed by atoms with E-state index in [2.05, 4.69) is 6.92 Å². The van der Waals surface area contributed by atoms with E-state index in [1.54, 1.807) is 0 Å². The van der Waals surface area contributed by atoms with Crippen LogP contribution in [0.2, 0.25) is 0 Å². The summed E-state index contributed by atoms with van der Waals surface area (Å²) in [5, 5.41) is 0. The molecule has 0 aliphatic heterocycles. The zero-order valence-corrected chi connectivity index (χ0v) is 8.35. The van der Waals surface area contributed by atoms with Crippen molar-refractivity contribution in [3.8, 4) is 0 Å². The topological polar surface area (TPSA) is 9.23 Å². The van der Waals surface area contributed by atoms with E-state index in [9.17, 15) is 0 Å². The van der Waals surface area contributed by atoms with E-state index in [1.165, 1.54) is 44.9 Å². The SMILES string of the molecule is CCCOC1CCCCCCC1. The first-order valence-corrected chi connectivity index (χ1v) is 5.55. The third kappa shape index (κ3) is 4.10. The van der Waals surface area contributed by atoms with Crippen LogP contribution >= 0.6 is 0 Å². The summed E-state index contributed by atoms with van der Waals surface area (Å²) in [5.74, 6) is 0. The maximum absolute atomic E-state index is 5.77.